The monoisotopic (exact) mass is 118 g/mol. The fourth-order valence-corrected chi connectivity index (χ4v) is 0.459. The van der Waals surface area contributed by atoms with Crippen LogP contribution in [0.15, 0.2) is 0 Å². The summed E-state index contributed by atoms with van der Waals surface area (Å²) in [6.45, 7) is 0. The zero-order chi connectivity index (χ0) is 7.72. The molecule has 0 spiro atoms. The molecule has 0 heterocycles. The van der Waals surface area contributed by atoms with Crippen molar-refractivity contribution in [1.82, 2.24) is 0 Å². The molecule has 4 heteroatoms. The fraction of sp³-hybridized carbons (Fsp3) is 0.500. The number of ketones is 2. The quantitative estimate of drug-likeness (QED) is 0.406. The first-order chi connectivity index (χ1) is 4.72. The zero-order valence-electron chi connectivity index (χ0n) is 5.79. The van der Waals surface area contributed by atoms with Crippen LogP contribution in [0.1, 0.15) is 0 Å². The third-order valence-electron chi connectivity index (χ3n) is 1.03. The highest BCUT2D eigenvalue weighted by molar-refractivity contribution is 6.48. The first kappa shape index (κ1) is 3.32. The minimum absolute atomic E-state index is 0.799. The third-order valence-corrected chi connectivity index (χ3v) is 1.03. The second-order valence-corrected chi connectivity index (χ2v) is 1.57. The van der Waals surface area contributed by atoms with Crippen molar-refractivity contribution in [3.63, 3.8) is 0 Å². The summed E-state index contributed by atoms with van der Waals surface area (Å²) in [5.74, 6) is -1.60. The molecule has 0 amide bonds. The summed E-state index contributed by atoms with van der Waals surface area (Å²) in [6, 6.07) is 0. The average Bonchev–Trinajstić information content (AvgIpc) is 1.97. The second kappa shape index (κ2) is 1.37. The Labute approximate surface area is 47.7 Å². The van der Waals surface area contributed by atoms with Crippen LogP contribution in [0, 0.1) is 0 Å². The molecule has 4 nitrogen and oxygen atoms in total. The topological polar surface area (TPSA) is 74.6 Å². The highest BCUT2D eigenvalue weighted by Crippen LogP contribution is 2.09. The van der Waals surface area contributed by atoms with E-state index in [9.17, 15) is 9.59 Å². The molecular formula is C4H4O4. The molecule has 0 aromatic carbocycles. The van der Waals surface area contributed by atoms with Gasteiger partial charge >= 0.3 is 0 Å². The molecule has 0 radical (unpaired) electrons. The first-order valence-electron chi connectivity index (χ1n) is 2.86. The van der Waals surface area contributed by atoms with Crippen molar-refractivity contribution in [2.24, 2.45) is 0 Å². The zero-order valence-corrected chi connectivity index (χ0v) is 3.79. The molecule has 2 N–H and O–H groups in total. The molecule has 1 saturated carbocycles. The normalized spacial score (nSPS) is 40.5. The molecular weight excluding hydrogens is 112 g/mol. The summed E-state index contributed by atoms with van der Waals surface area (Å²) < 4.78 is 12.6. The van der Waals surface area contributed by atoms with E-state index in [0.29, 0.717) is 0 Å². The van der Waals surface area contributed by atoms with Gasteiger partial charge < -0.3 is 10.2 Å². The van der Waals surface area contributed by atoms with Gasteiger partial charge in [0.05, 0.1) is 0 Å². The number of hydrogen-bond acceptors (Lipinski definition) is 4. The molecule has 0 aromatic heterocycles. The van der Waals surface area contributed by atoms with E-state index in [1.165, 1.54) is 0 Å². The number of aliphatic hydroxyl groups excluding tert-OH is 2. The molecule has 44 valence electrons. The van der Waals surface area contributed by atoms with Gasteiger partial charge in [-0.25, -0.2) is 0 Å². The van der Waals surface area contributed by atoms with Crippen molar-refractivity contribution in [3.05, 3.63) is 0 Å². The van der Waals surface area contributed by atoms with E-state index in [4.69, 9.17) is 2.86 Å². The molecule has 8 heavy (non-hydrogen) atoms. The average molecular weight is 118 g/mol. The van der Waals surface area contributed by atoms with E-state index in [1.807, 2.05) is 0 Å². The lowest BCUT2D eigenvalue weighted by Gasteiger charge is -2.22. The predicted molar refractivity (Wildman–Crippen MR) is 22.0 cm³/mol. The van der Waals surface area contributed by atoms with Crippen LogP contribution in [-0.2, 0) is 9.59 Å². The summed E-state index contributed by atoms with van der Waals surface area (Å²) in [7, 11) is 0. The van der Waals surface area contributed by atoms with Gasteiger partial charge in [0.2, 0.25) is 14.4 Å². The summed E-state index contributed by atoms with van der Waals surface area (Å²) in [5.41, 5.74) is 0. The standard InChI is InChI=1S/C4H4O4/c5-1-2(6)4(8)3(1)7/h1-2,5-6H/i5D,6D. The molecule has 0 bridgehead atoms. The maximum atomic E-state index is 10.4. The van der Waals surface area contributed by atoms with E-state index < -0.39 is 23.8 Å². The Morgan fingerprint density at radius 3 is 1.88 bits per heavy atom. The minimum atomic E-state index is -1.19. The van der Waals surface area contributed by atoms with Gasteiger partial charge in [-0.1, -0.05) is 0 Å². The Bertz CT molecular complexity index is 160. The number of rotatable bonds is 2. The van der Waals surface area contributed by atoms with Crippen LogP contribution in [0.25, 0.3) is 0 Å². The predicted octanol–water partition coefficient (Wildman–Crippen LogP) is -2.14. The number of hydrogen-bond donors (Lipinski definition) is 2. The highest BCUT2D eigenvalue weighted by atomic mass is 16.4. The summed E-state index contributed by atoms with van der Waals surface area (Å²) in [6.07, 6.45) is -2.38. The van der Waals surface area contributed by atoms with Gasteiger partial charge in [-0.2, -0.15) is 0 Å². The minimum Gasteiger partial charge on any atom is -0.382 e. The molecule has 1 aliphatic carbocycles. The van der Waals surface area contributed by atoms with Crippen LogP contribution < -0.4 is 0 Å². The van der Waals surface area contributed by atoms with Gasteiger partial charge in [-0.15, -0.1) is 0 Å². The van der Waals surface area contributed by atoms with Crippen LogP contribution in [0.4, 0.5) is 0 Å². The Hall–Kier alpha value is -0.740. The van der Waals surface area contributed by atoms with Gasteiger partial charge in [0, 0.05) is 0 Å². The van der Waals surface area contributed by atoms with E-state index in [0.717, 1.165) is 0 Å². The molecule has 0 aromatic rings. The Morgan fingerprint density at radius 2 is 1.62 bits per heavy atom. The molecule has 0 saturated heterocycles. The molecule has 1 fully saturated rings. The number of aliphatic hydroxyl groups is 2. The van der Waals surface area contributed by atoms with E-state index in [-0.39, 0.29) is 0 Å². The summed E-state index contributed by atoms with van der Waals surface area (Å²) in [4.78, 5) is 20.8. The van der Waals surface area contributed by atoms with E-state index >= 15 is 0 Å². The smallest absolute Gasteiger partial charge is 0.232 e. The lowest BCUT2D eigenvalue weighted by molar-refractivity contribution is -0.165. The maximum absolute atomic E-state index is 10.4. The third kappa shape index (κ3) is 0.410. The van der Waals surface area contributed by atoms with E-state index in [1.54, 1.807) is 0 Å². The lowest BCUT2D eigenvalue weighted by Crippen LogP contribution is -2.57. The van der Waals surface area contributed by atoms with Crippen molar-refractivity contribution < 1.29 is 19.8 Å². The van der Waals surface area contributed by atoms with Gasteiger partial charge in [-0.3, -0.25) is 9.59 Å². The summed E-state index contributed by atoms with van der Waals surface area (Å²) >= 11 is 0. The molecule has 2 atom stereocenters. The van der Waals surface area contributed by atoms with Gasteiger partial charge in [0.1, 0.15) is 0 Å². The van der Waals surface area contributed by atoms with Crippen molar-refractivity contribution in [2.45, 2.75) is 12.2 Å². The summed E-state index contributed by atoms with van der Waals surface area (Å²) in [5, 5.41) is 7.61. The fourth-order valence-electron chi connectivity index (χ4n) is 0.459. The number of carbonyl (C=O) groups is 2. The van der Waals surface area contributed by atoms with Crippen LogP contribution in [0.3, 0.4) is 0 Å². The first-order valence-corrected chi connectivity index (χ1v) is 2.04. The van der Waals surface area contributed by atoms with Crippen molar-refractivity contribution >= 4 is 11.6 Å². The highest BCUT2D eigenvalue weighted by Gasteiger charge is 2.46. The molecule has 1 rings (SSSR count). The molecule has 2 unspecified atom stereocenters. The largest absolute Gasteiger partial charge is 0.382 e. The van der Waals surface area contributed by atoms with Crippen LogP contribution in [0.5, 0.6) is 0 Å². The lowest BCUT2D eigenvalue weighted by atomic mass is 9.89. The van der Waals surface area contributed by atoms with Crippen LogP contribution in [0.2, 0.25) is 0 Å². The van der Waals surface area contributed by atoms with Crippen molar-refractivity contribution in [3.8, 4) is 0 Å². The Kier molecular flexibility index (Phi) is 0.567. The number of Topliss-reactive ketones (excluding diaryl/α,β-unsaturated/α-hetero) is 2. The van der Waals surface area contributed by atoms with E-state index in [2.05, 4.69) is 10.2 Å². The maximum Gasteiger partial charge on any atom is 0.232 e. The van der Waals surface area contributed by atoms with Crippen LogP contribution in [-0.4, -0.2) is 36.9 Å². The molecule has 1 aliphatic rings. The van der Waals surface area contributed by atoms with Crippen molar-refractivity contribution in [1.29, 1.82) is 2.86 Å². The van der Waals surface area contributed by atoms with Crippen molar-refractivity contribution in [2.75, 3.05) is 0 Å². The number of carbonyl (C=O) groups excluding carboxylic acids is 2. The Morgan fingerprint density at radius 1 is 1.25 bits per heavy atom. The molecule has 0 aliphatic heterocycles. The second-order valence-electron chi connectivity index (χ2n) is 1.57. The van der Waals surface area contributed by atoms with Gasteiger partial charge in [-0.05, 0) is 0 Å². The SMILES string of the molecule is [2H]OC1C(=O)C(=O)C1O[2H]. The van der Waals surface area contributed by atoms with Gasteiger partial charge in [0.15, 0.2) is 12.2 Å². The van der Waals surface area contributed by atoms with Gasteiger partial charge in [0.25, 0.3) is 0 Å². The Balaban J connectivity index is 2.60. The van der Waals surface area contributed by atoms with Crippen LogP contribution >= 0.6 is 0 Å².